The number of rotatable bonds is 3. The van der Waals surface area contributed by atoms with Gasteiger partial charge in [-0.15, -0.1) is 0 Å². The minimum absolute atomic E-state index is 0.318. The van der Waals surface area contributed by atoms with Gasteiger partial charge >= 0.3 is 0 Å². The van der Waals surface area contributed by atoms with Crippen LogP contribution in [0.4, 0.5) is 4.39 Å². The van der Waals surface area contributed by atoms with Crippen LogP contribution in [0, 0.1) is 17.1 Å². The number of imidazole rings is 1. The summed E-state index contributed by atoms with van der Waals surface area (Å²) >= 11 is 0. The molecular formula is C17H12FN3. The van der Waals surface area contributed by atoms with Crippen molar-refractivity contribution in [3.05, 3.63) is 77.9 Å². The van der Waals surface area contributed by atoms with E-state index in [1.54, 1.807) is 18.5 Å². The average molecular weight is 277 g/mol. The van der Waals surface area contributed by atoms with Gasteiger partial charge in [-0.25, -0.2) is 9.37 Å². The predicted octanol–water partition coefficient (Wildman–Crippen LogP) is 3.61. The Bertz CT molecular complexity index is 800. The molecule has 21 heavy (non-hydrogen) atoms. The van der Waals surface area contributed by atoms with E-state index in [0.717, 1.165) is 11.4 Å². The molecule has 3 rings (SSSR count). The van der Waals surface area contributed by atoms with Crippen molar-refractivity contribution < 1.29 is 4.39 Å². The summed E-state index contributed by atoms with van der Waals surface area (Å²) in [4.78, 5) is 4.33. The van der Waals surface area contributed by atoms with Gasteiger partial charge < -0.3 is 4.57 Å². The molecule has 0 atom stereocenters. The highest BCUT2D eigenvalue weighted by Crippen LogP contribution is 2.19. The smallest absolute Gasteiger partial charge is 0.140 e. The molecule has 0 N–H and O–H groups in total. The van der Waals surface area contributed by atoms with Crippen LogP contribution in [0.1, 0.15) is 11.1 Å². The summed E-state index contributed by atoms with van der Waals surface area (Å²) in [5.41, 5.74) is 1.90. The van der Waals surface area contributed by atoms with Crippen molar-refractivity contribution in [2.75, 3.05) is 0 Å². The van der Waals surface area contributed by atoms with Gasteiger partial charge in [0.15, 0.2) is 0 Å². The number of benzene rings is 2. The molecule has 0 fully saturated rings. The molecule has 102 valence electrons. The van der Waals surface area contributed by atoms with Crippen molar-refractivity contribution in [3.8, 4) is 17.5 Å². The molecule has 0 aliphatic carbocycles. The van der Waals surface area contributed by atoms with Gasteiger partial charge in [0.25, 0.3) is 0 Å². The van der Waals surface area contributed by atoms with E-state index in [9.17, 15) is 4.39 Å². The van der Waals surface area contributed by atoms with E-state index in [4.69, 9.17) is 5.26 Å². The fourth-order valence-electron chi connectivity index (χ4n) is 2.23. The minimum atomic E-state index is -0.318. The fourth-order valence-corrected chi connectivity index (χ4v) is 2.23. The first-order chi connectivity index (χ1) is 10.3. The molecule has 0 amide bonds. The molecule has 1 heterocycles. The third-order valence-corrected chi connectivity index (χ3v) is 3.26. The Hall–Kier alpha value is -2.93. The van der Waals surface area contributed by atoms with Crippen molar-refractivity contribution in [2.24, 2.45) is 0 Å². The second kappa shape index (κ2) is 5.59. The van der Waals surface area contributed by atoms with E-state index in [2.05, 4.69) is 4.98 Å². The molecule has 3 nitrogen and oxygen atoms in total. The second-order valence-corrected chi connectivity index (χ2v) is 4.66. The first-order valence-electron chi connectivity index (χ1n) is 6.53. The lowest BCUT2D eigenvalue weighted by molar-refractivity contribution is 0.600. The van der Waals surface area contributed by atoms with Crippen LogP contribution in [0.3, 0.4) is 0 Å². The molecule has 0 bridgehead atoms. The van der Waals surface area contributed by atoms with Gasteiger partial charge in [0.1, 0.15) is 11.6 Å². The SMILES string of the molecule is N#Cc1ccc(F)c(Cn2ccnc2-c2ccccc2)c1. The molecule has 0 spiro atoms. The summed E-state index contributed by atoms with van der Waals surface area (Å²) in [5, 5.41) is 8.92. The quantitative estimate of drug-likeness (QED) is 0.734. The number of nitriles is 1. The number of halogens is 1. The molecule has 3 aromatic rings. The van der Waals surface area contributed by atoms with Crippen LogP contribution in [-0.4, -0.2) is 9.55 Å². The van der Waals surface area contributed by atoms with Gasteiger partial charge in [0.05, 0.1) is 18.2 Å². The summed E-state index contributed by atoms with van der Waals surface area (Å²) in [6.07, 6.45) is 3.50. The lowest BCUT2D eigenvalue weighted by Crippen LogP contribution is -2.03. The fraction of sp³-hybridized carbons (Fsp3) is 0.0588. The van der Waals surface area contributed by atoms with Gasteiger partial charge in [-0.2, -0.15) is 5.26 Å². The molecule has 0 unspecified atom stereocenters. The van der Waals surface area contributed by atoms with Crippen LogP contribution in [0.2, 0.25) is 0 Å². The van der Waals surface area contributed by atoms with Crippen LogP contribution in [0.5, 0.6) is 0 Å². The summed E-state index contributed by atoms with van der Waals surface area (Å²) in [6, 6.07) is 16.1. The Morgan fingerprint density at radius 3 is 2.71 bits per heavy atom. The maximum absolute atomic E-state index is 13.9. The normalized spacial score (nSPS) is 10.3. The highest BCUT2D eigenvalue weighted by molar-refractivity contribution is 5.55. The molecule has 0 saturated carbocycles. The van der Waals surface area contributed by atoms with Crippen molar-refractivity contribution >= 4 is 0 Å². The average Bonchev–Trinajstić information content (AvgIpc) is 2.98. The zero-order valence-corrected chi connectivity index (χ0v) is 11.2. The monoisotopic (exact) mass is 277 g/mol. The Labute approximate surface area is 121 Å². The third kappa shape index (κ3) is 2.67. The second-order valence-electron chi connectivity index (χ2n) is 4.66. The van der Waals surface area contributed by atoms with Gasteiger partial charge in [0, 0.05) is 23.5 Å². The Balaban J connectivity index is 1.97. The summed E-state index contributed by atoms with van der Waals surface area (Å²) < 4.78 is 15.8. The lowest BCUT2D eigenvalue weighted by Gasteiger charge is -2.09. The van der Waals surface area contributed by atoms with Gasteiger partial charge in [-0.3, -0.25) is 0 Å². The largest absolute Gasteiger partial charge is 0.326 e. The van der Waals surface area contributed by atoms with E-state index < -0.39 is 0 Å². The standard InChI is InChI=1S/C17H12FN3/c18-16-7-6-13(11-19)10-15(16)12-21-9-8-20-17(21)14-4-2-1-3-5-14/h1-10H,12H2. The summed E-state index contributed by atoms with van der Waals surface area (Å²) in [6.45, 7) is 0.339. The van der Waals surface area contributed by atoms with E-state index in [0.29, 0.717) is 17.7 Å². The van der Waals surface area contributed by atoms with Crippen molar-refractivity contribution in [1.29, 1.82) is 5.26 Å². The summed E-state index contributed by atoms with van der Waals surface area (Å²) in [7, 11) is 0. The first-order valence-corrected chi connectivity index (χ1v) is 6.53. The minimum Gasteiger partial charge on any atom is -0.326 e. The molecule has 0 radical (unpaired) electrons. The Morgan fingerprint density at radius 1 is 1.14 bits per heavy atom. The van der Waals surface area contributed by atoms with Crippen LogP contribution in [0.25, 0.3) is 11.4 Å². The number of hydrogen-bond donors (Lipinski definition) is 0. The maximum Gasteiger partial charge on any atom is 0.140 e. The highest BCUT2D eigenvalue weighted by atomic mass is 19.1. The number of nitrogens with zero attached hydrogens (tertiary/aromatic N) is 3. The molecule has 1 aromatic heterocycles. The van der Waals surface area contributed by atoms with Crippen molar-refractivity contribution in [3.63, 3.8) is 0 Å². The van der Waals surface area contributed by atoms with E-state index >= 15 is 0 Å². The summed E-state index contributed by atoms with van der Waals surface area (Å²) in [5.74, 6) is 0.457. The first kappa shape index (κ1) is 13.1. The maximum atomic E-state index is 13.9. The molecule has 0 aliphatic heterocycles. The highest BCUT2D eigenvalue weighted by Gasteiger charge is 2.09. The lowest BCUT2D eigenvalue weighted by atomic mass is 10.1. The third-order valence-electron chi connectivity index (χ3n) is 3.26. The van der Waals surface area contributed by atoms with Crippen LogP contribution in [0.15, 0.2) is 60.9 Å². The number of aromatic nitrogens is 2. The zero-order chi connectivity index (χ0) is 14.7. The molecular weight excluding hydrogens is 265 g/mol. The van der Waals surface area contributed by atoms with Crippen LogP contribution >= 0.6 is 0 Å². The molecule has 0 saturated heterocycles. The van der Waals surface area contributed by atoms with Gasteiger partial charge in [-0.1, -0.05) is 30.3 Å². The number of hydrogen-bond acceptors (Lipinski definition) is 2. The van der Waals surface area contributed by atoms with Crippen LogP contribution < -0.4 is 0 Å². The van der Waals surface area contributed by atoms with E-state index in [-0.39, 0.29) is 5.82 Å². The predicted molar refractivity (Wildman–Crippen MR) is 77.9 cm³/mol. The Morgan fingerprint density at radius 2 is 1.95 bits per heavy atom. The van der Waals surface area contributed by atoms with E-state index in [1.165, 1.54) is 12.1 Å². The Kier molecular flexibility index (Phi) is 3.48. The van der Waals surface area contributed by atoms with E-state index in [1.807, 2.05) is 41.0 Å². The topological polar surface area (TPSA) is 41.6 Å². The van der Waals surface area contributed by atoms with Crippen LogP contribution in [-0.2, 0) is 6.54 Å². The molecule has 4 heteroatoms. The van der Waals surface area contributed by atoms with Crippen molar-refractivity contribution in [2.45, 2.75) is 6.54 Å². The molecule has 2 aromatic carbocycles. The van der Waals surface area contributed by atoms with Gasteiger partial charge in [0.2, 0.25) is 0 Å². The molecule has 0 aliphatic rings. The van der Waals surface area contributed by atoms with Gasteiger partial charge in [-0.05, 0) is 18.2 Å². The zero-order valence-electron chi connectivity index (χ0n) is 11.2. The van der Waals surface area contributed by atoms with Crippen molar-refractivity contribution in [1.82, 2.24) is 9.55 Å².